The van der Waals surface area contributed by atoms with E-state index in [0.29, 0.717) is 38.8 Å². The van der Waals surface area contributed by atoms with Crippen LogP contribution in [0.2, 0.25) is 6.04 Å². The Labute approximate surface area is 135 Å². The van der Waals surface area contributed by atoms with Crippen molar-refractivity contribution in [1.29, 1.82) is 0 Å². The fourth-order valence-electron chi connectivity index (χ4n) is 2.20. The maximum absolute atomic E-state index is 11.7. The van der Waals surface area contributed by atoms with Gasteiger partial charge in [0.2, 0.25) is 5.91 Å². The van der Waals surface area contributed by atoms with E-state index in [9.17, 15) is 4.79 Å². The molecule has 0 aromatic heterocycles. The molecule has 0 fully saturated rings. The molecule has 0 aromatic carbocycles. The first-order valence-corrected chi connectivity index (χ1v) is 10.4. The van der Waals surface area contributed by atoms with Gasteiger partial charge in [-0.1, -0.05) is 6.42 Å². The highest BCUT2D eigenvalue weighted by molar-refractivity contribution is 6.60. The molecule has 0 heterocycles. The molecule has 0 unspecified atom stereocenters. The Morgan fingerprint density at radius 1 is 0.955 bits per heavy atom. The normalized spacial score (nSPS) is 11.6. The molecule has 0 saturated heterocycles. The Morgan fingerprint density at radius 2 is 1.55 bits per heavy atom. The quantitative estimate of drug-likeness (QED) is 0.354. The third-order valence-corrected chi connectivity index (χ3v) is 6.29. The Bertz CT molecular complexity index is 262. The van der Waals surface area contributed by atoms with Gasteiger partial charge in [0.1, 0.15) is 0 Å². The fraction of sp³-hybridized carbons (Fsp3) is 0.933. The van der Waals surface area contributed by atoms with E-state index in [1.807, 2.05) is 20.8 Å². The van der Waals surface area contributed by atoms with E-state index >= 15 is 0 Å². The molecule has 1 amide bonds. The molecule has 0 aliphatic carbocycles. The van der Waals surface area contributed by atoms with Crippen LogP contribution < -0.4 is 5.32 Å². The van der Waals surface area contributed by atoms with Crippen LogP contribution in [0.3, 0.4) is 0 Å². The van der Waals surface area contributed by atoms with E-state index in [0.717, 1.165) is 25.7 Å². The van der Waals surface area contributed by atoms with Gasteiger partial charge in [-0.3, -0.25) is 4.79 Å². The Morgan fingerprint density at radius 3 is 2.05 bits per heavy atom. The van der Waals surface area contributed by atoms with Crippen LogP contribution in [0.5, 0.6) is 0 Å². The fourth-order valence-corrected chi connectivity index (χ4v) is 4.81. The molecule has 2 N–H and O–H groups in total. The smallest absolute Gasteiger partial charge is 0.396 e. The molecule has 7 heteroatoms. The molecule has 0 radical (unpaired) electrons. The van der Waals surface area contributed by atoms with Gasteiger partial charge < -0.3 is 23.7 Å². The predicted octanol–water partition coefficient (Wildman–Crippen LogP) is 2.09. The summed E-state index contributed by atoms with van der Waals surface area (Å²) in [7, 11) is -2.58. The Hall–Kier alpha value is -0.473. The van der Waals surface area contributed by atoms with Crippen LogP contribution in [0.15, 0.2) is 0 Å². The number of hydrogen-bond donors (Lipinski definition) is 2. The van der Waals surface area contributed by atoms with Gasteiger partial charge in [0, 0.05) is 45.4 Å². The molecular formula is C15H33NO5Si. The van der Waals surface area contributed by atoms with E-state index in [4.69, 9.17) is 18.4 Å². The first kappa shape index (κ1) is 21.5. The summed E-state index contributed by atoms with van der Waals surface area (Å²) in [6.07, 6.45) is 3.78. The van der Waals surface area contributed by atoms with Crippen molar-refractivity contribution >= 4 is 14.7 Å². The zero-order chi connectivity index (χ0) is 16.7. The molecule has 0 saturated carbocycles. The molecule has 0 aromatic rings. The summed E-state index contributed by atoms with van der Waals surface area (Å²) in [4.78, 5) is 11.7. The van der Waals surface area contributed by atoms with E-state index in [1.54, 1.807) is 0 Å². The molecule has 0 rings (SSSR count). The molecule has 0 aliphatic rings. The number of aliphatic hydroxyl groups excluding tert-OH is 1. The van der Waals surface area contributed by atoms with Crippen LogP contribution in [0.1, 0.15) is 52.9 Å². The summed E-state index contributed by atoms with van der Waals surface area (Å²) in [5.41, 5.74) is 0. The first-order chi connectivity index (χ1) is 10.6. The van der Waals surface area contributed by atoms with Gasteiger partial charge in [0.05, 0.1) is 0 Å². The van der Waals surface area contributed by atoms with Gasteiger partial charge in [-0.2, -0.15) is 0 Å². The van der Waals surface area contributed by atoms with Crippen LogP contribution in [0, 0.1) is 0 Å². The predicted molar refractivity (Wildman–Crippen MR) is 88.6 cm³/mol. The summed E-state index contributed by atoms with van der Waals surface area (Å²) < 4.78 is 17.3. The van der Waals surface area contributed by atoms with Crippen molar-refractivity contribution in [3.8, 4) is 0 Å². The number of amides is 1. The summed E-state index contributed by atoms with van der Waals surface area (Å²) in [5.74, 6) is 0.0643. The Balaban J connectivity index is 3.98. The van der Waals surface area contributed by atoms with Gasteiger partial charge in [-0.25, -0.2) is 0 Å². The molecule has 22 heavy (non-hydrogen) atoms. The average molecular weight is 336 g/mol. The molecule has 132 valence electrons. The van der Waals surface area contributed by atoms with Crippen molar-refractivity contribution in [2.24, 2.45) is 0 Å². The van der Waals surface area contributed by atoms with Crippen molar-refractivity contribution in [3.63, 3.8) is 0 Å². The monoisotopic (exact) mass is 335 g/mol. The summed E-state index contributed by atoms with van der Waals surface area (Å²) >= 11 is 0. The molecule has 6 nitrogen and oxygen atoms in total. The van der Waals surface area contributed by atoms with E-state index in [1.165, 1.54) is 0 Å². The number of hydrogen-bond acceptors (Lipinski definition) is 5. The van der Waals surface area contributed by atoms with Crippen molar-refractivity contribution in [3.05, 3.63) is 0 Å². The highest BCUT2D eigenvalue weighted by Crippen LogP contribution is 2.17. The summed E-state index contributed by atoms with van der Waals surface area (Å²) in [6.45, 7) is 8.34. The number of unbranched alkanes of at least 4 members (excludes halogenated alkanes) is 2. The van der Waals surface area contributed by atoms with Crippen molar-refractivity contribution in [1.82, 2.24) is 5.32 Å². The molecule has 0 bridgehead atoms. The maximum atomic E-state index is 11.7. The molecule has 0 spiro atoms. The van der Waals surface area contributed by atoms with Gasteiger partial charge in [0.15, 0.2) is 0 Å². The topological polar surface area (TPSA) is 77.0 Å². The van der Waals surface area contributed by atoms with Crippen LogP contribution in [0.25, 0.3) is 0 Å². The van der Waals surface area contributed by atoms with Gasteiger partial charge in [-0.15, -0.1) is 0 Å². The van der Waals surface area contributed by atoms with Gasteiger partial charge in [-0.05, 0) is 40.0 Å². The number of carbonyl (C=O) groups excluding carboxylic acids is 1. The SMILES string of the molecule is CCO[Si](CCCNC(=O)CCCCCO)(OCC)OCC. The minimum Gasteiger partial charge on any atom is -0.396 e. The third-order valence-electron chi connectivity index (χ3n) is 3.14. The molecule has 0 aliphatic heterocycles. The lowest BCUT2D eigenvalue weighted by atomic mass is 10.2. The largest absolute Gasteiger partial charge is 0.500 e. The Kier molecular flexibility index (Phi) is 13.8. The minimum absolute atomic E-state index is 0.0643. The van der Waals surface area contributed by atoms with Crippen LogP contribution in [-0.2, 0) is 18.1 Å². The maximum Gasteiger partial charge on any atom is 0.500 e. The standard InChI is InChI=1S/C15H33NO5Si/c1-4-19-22(20-5-2,21-6-3)14-10-12-16-15(18)11-8-7-9-13-17/h17H,4-14H2,1-3H3,(H,16,18). The zero-order valence-corrected chi connectivity index (χ0v) is 15.4. The lowest BCUT2D eigenvalue weighted by molar-refractivity contribution is -0.121. The average Bonchev–Trinajstić information content (AvgIpc) is 2.49. The number of carbonyl (C=O) groups is 1. The van der Waals surface area contributed by atoms with E-state index in [2.05, 4.69) is 5.32 Å². The third kappa shape index (κ3) is 10.3. The molecule has 0 atom stereocenters. The number of aliphatic hydroxyl groups is 1. The highest BCUT2D eigenvalue weighted by atomic mass is 28.4. The second kappa shape index (κ2) is 14.1. The number of nitrogens with one attached hydrogen (secondary N) is 1. The van der Waals surface area contributed by atoms with Crippen LogP contribution >= 0.6 is 0 Å². The first-order valence-electron chi connectivity index (χ1n) is 8.43. The van der Waals surface area contributed by atoms with E-state index in [-0.39, 0.29) is 12.5 Å². The minimum atomic E-state index is -2.58. The van der Waals surface area contributed by atoms with Gasteiger partial charge >= 0.3 is 8.80 Å². The highest BCUT2D eigenvalue weighted by Gasteiger charge is 2.39. The van der Waals surface area contributed by atoms with Crippen molar-refractivity contribution in [2.75, 3.05) is 33.0 Å². The summed E-state index contributed by atoms with van der Waals surface area (Å²) in [6, 6.07) is 0.716. The lowest BCUT2D eigenvalue weighted by Gasteiger charge is -2.28. The second-order valence-electron chi connectivity index (χ2n) is 4.97. The van der Waals surface area contributed by atoms with Gasteiger partial charge in [0.25, 0.3) is 0 Å². The van der Waals surface area contributed by atoms with Crippen LogP contribution in [0.4, 0.5) is 0 Å². The lowest BCUT2D eigenvalue weighted by Crippen LogP contribution is -2.46. The van der Waals surface area contributed by atoms with Crippen LogP contribution in [-0.4, -0.2) is 52.8 Å². The summed E-state index contributed by atoms with van der Waals surface area (Å²) in [5, 5.41) is 11.6. The zero-order valence-electron chi connectivity index (χ0n) is 14.4. The van der Waals surface area contributed by atoms with Crippen molar-refractivity contribution < 1.29 is 23.2 Å². The molecular weight excluding hydrogens is 302 g/mol. The van der Waals surface area contributed by atoms with Crippen molar-refractivity contribution in [2.45, 2.75) is 58.9 Å². The number of rotatable bonds is 15. The second-order valence-corrected chi connectivity index (χ2v) is 7.70. The van der Waals surface area contributed by atoms with E-state index < -0.39 is 8.80 Å².